The number of thioether (sulfide) groups is 1. The van der Waals surface area contributed by atoms with Crippen molar-refractivity contribution in [2.24, 2.45) is 5.92 Å². The molecule has 2 aliphatic heterocycles. The van der Waals surface area contributed by atoms with Crippen molar-refractivity contribution < 1.29 is 14.4 Å². The molecule has 32 heavy (non-hydrogen) atoms. The summed E-state index contributed by atoms with van der Waals surface area (Å²) in [4.78, 5) is 42.4. The topological polar surface area (TPSA) is 69.7 Å². The molecule has 166 valence electrons. The van der Waals surface area contributed by atoms with Crippen molar-refractivity contribution in [1.29, 1.82) is 0 Å². The summed E-state index contributed by atoms with van der Waals surface area (Å²) in [6.45, 7) is 4.22. The molecule has 1 fully saturated rings. The molecule has 0 aliphatic carbocycles. The lowest BCUT2D eigenvalue weighted by Gasteiger charge is -2.32. The monoisotopic (exact) mass is 449 g/mol. The SMILES string of the molecule is CSc1ccc(CNC(=O)c2ccc(N3C(=O)C=C(N4CCC(C)CC4)C3=O)cc2)cc1. The minimum atomic E-state index is -0.338. The van der Waals surface area contributed by atoms with Crippen LogP contribution in [-0.4, -0.2) is 42.0 Å². The maximum absolute atomic E-state index is 12.9. The summed E-state index contributed by atoms with van der Waals surface area (Å²) >= 11 is 1.67. The van der Waals surface area contributed by atoms with E-state index >= 15 is 0 Å². The van der Waals surface area contributed by atoms with Crippen LogP contribution in [0.15, 0.2) is 65.2 Å². The van der Waals surface area contributed by atoms with Gasteiger partial charge >= 0.3 is 0 Å². The molecule has 0 bridgehead atoms. The van der Waals surface area contributed by atoms with E-state index in [9.17, 15) is 14.4 Å². The summed E-state index contributed by atoms with van der Waals surface area (Å²) in [5.74, 6) is -0.195. The second-order valence-corrected chi connectivity index (χ2v) is 9.14. The van der Waals surface area contributed by atoms with Crippen LogP contribution in [0.1, 0.15) is 35.7 Å². The number of piperidine rings is 1. The number of rotatable bonds is 6. The summed E-state index contributed by atoms with van der Waals surface area (Å²) in [6.07, 6.45) is 5.49. The van der Waals surface area contributed by atoms with Crippen molar-refractivity contribution in [2.45, 2.75) is 31.2 Å². The molecular formula is C25H27N3O3S. The zero-order valence-corrected chi connectivity index (χ0v) is 19.2. The highest BCUT2D eigenvalue weighted by molar-refractivity contribution is 7.98. The maximum atomic E-state index is 12.9. The number of hydrogen-bond acceptors (Lipinski definition) is 5. The first-order valence-electron chi connectivity index (χ1n) is 10.8. The predicted molar refractivity (Wildman–Crippen MR) is 126 cm³/mol. The van der Waals surface area contributed by atoms with Crippen LogP contribution in [0.2, 0.25) is 0 Å². The van der Waals surface area contributed by atoms with Gasteiger partial charge in [-0.2, -0.15) is 0 Å². The first kappa shape index (κ1) is 22.1. The van der Waals surface area contributed by atoms with Crippen molar-refractivity contribution in [3.05, 3.63) is 71.4 Å². The Hall–Kier alpha value is -3.06. The van der Waals surface area contributed by atoms with Crippen LogP contribution in [-0.2, 0) is 16.1 Å². The van der Waals surface area contributed by atoms with Crippen LogP contribution < -0.4 is 10.2 Å². The summed E-state index contributed by atoms with van der Waals surface area (Å²) < 4.78 is 0. The number of carbonyl (C=O) groups excluding carboxylic acids is 3. The molecule has 2 aromatic rings. The minimum absolute atomic E-state index is 0.203. The number of carbonyl (C=O) groups is 3. The molecule has 0 aromatic heterocycles. The fourth-order valence-corrected chi connectivity index (χ4v) is 4.38. The van der Waals surface area contributed by atoms with Gasteiger partial charge in [0.1, 0.15) is 5.70 Å². The molecule has 3 amide bonds. The number of nitrogens with zero attached hydrogens (tertiary/aromatic N) is 2. The first-order valence-corrected chi connectivity index (χ1v) is 12.0. The van der Waals surface area contributed by atoms with E-state index in [1.54, 1.807) is 36.0 Å². The number of anilines is 1. The smallest absolute Gasteiger partial charge is 0.281 e. The van der Waals surface area contributed by atoms with Gasteiger partial charge in [0, 0.05) is 36.2 Å². The minimum Gasteiger partial charge on any atom is -0.367 e. The van der Waals surface area contributed by atoms with E-state index in [0.29, 0.717) is 29.4 Å². The fraction of sp³-hybridized carbons (Fsp3) is 0.320. The van der Waals surface area contributed by atoms with E-state index in [1.165, 1.54) is 15.9 Å². The number of likely N-dealkylation sites (tertiary alicyclic amines) is 1. The third kappa shape index (κ3) is 4.72. The summed E-state index contributed by atoms with van der Waals surface area (Å²) in [6, 6.07) is 14.6. The molecule has 0 saturated carbocycles. The predicted octanol–water partition coefficient (Wildman–Crippen LogP) is 3.83. The third-order valence-electron chi connectivity index (χ3n) is 6.03. The van der Waals surface area contributed by atoms with Gasteiger partial charge < -0.3 is 10.2 Å². The number of amides is 3. The van der Waals surface area contributed by atoms with Crippen LogP contribution in [0, 0.1) is 5.92 Å². The van der Waals surface area contributed by atoms with E-state index in [4.69, 9.17) is 0 Å². The van der Waals surface area contributed by atoms with Crippen LogP contribution in [0.5, 0.6) is 0 Å². The normalized spacial score (nSPS) is 17.0. The Kier molecular flexibility index (Phi) is 6.65. The average Bonchev–Trinajstić information content (AvgIpc) is 3.12. The first-order chi connectivity index (χ1) is 15.5. The van der Waals surface area contributed by atoms with Gasteiger partial charge in [-0.15, -0.1) is 11.8 Å². The summed E-state index contributed by atoms with van der Waals surface area (Å²) in [7, 11) is 0. The van der Waals surface area contributed by atoms with Gasteiger partial charge in [-0.1, -0.05) is 19.1 Å². The summed E-state index contributed by atoms with van der Waals surface area (Å²) in [5.41, 5.74) is 2.44. The second-order valence-electron chi connectivity index (χ2n) is 8.26. The van der Waals surface area contributed by atoms with Crippen LogP contribution >= 0.6 is 11.8 Å². The number of nitrogens with one attached hydrogen (secondary N) is 1. The fourth-order valence-electron chi connectivity index (χ4n) is 3.97. The molecule has 0 spiro atoms. The Bertz CT molecular complexity index is 1040. The Morgan fingerprint density at radius 1 is 1.03 bits per heavy atom. The lowest BCUT2D eigenvalue weighted by atomic mass is 9.99. The van der Waals surface area contributed by atoms with E-state index in [0.717, 1.165) is 31.5 Å². The largest absolute Gasteiger partial charge is 0.367 e. The molecule has 1 N–H and O–H groups in total. The molecule has 2 heterocycles. The highest BCUT2D eigenvalue weighted by atomic mass is 32.2. The lowest BCUT2D eigenvalue weighted by Crippen LogP contribution is -2.38. The molecule has 0 atom stereocenters. The van der Waals surface area contributed by atoms with E-state index < -0.39 is 0 Å². The molecule has 0 unspecified atom stereocenters. The standard InChI is InChI=1S/C25H27N3O3S/c1-17-11-13-27(14-12-17)22-15-23(29)28(25(22)31)20-7-5-19(6-8-20)24(30)26-16-18-3-9-21(32-2)10-4-18/h3-10,15,17H,11-14,16H2,1-2H3,(H,26,30). The molecule has 1 saturated heterocycles. The lowest BCUT2D eigenvalue weighted by molar-refractivity contribution is -0.121. The van der Waals surface area contributed by atoms with Gasteiger partial charge in [-0.3, -0.25) is 14.4 Å². The van der Waals surface area contributed by atoms with E-state index in [2.05, 4.69) is 12.2 Å². The quantitative estimate of drug-likeness (QED) is 0.536. The third-order valence-corrected chi connectivity index (χ3v) is 6.77. The molecule has 2 aliphatic rings. The van der Waals surface area contributed by atoms with Crippen LogP contribution in [0.25, 0.3) is 0 Å². The second kappa shape index (κ2) is 9.61. The Morgan fingerprint density at radius 2 is 1.69 bits per heavy atom. The molecular weight excluding hydrogens is 422 g/mol. The van der Waals surface area contributed by atoms with Crippen molar-refractivity contribution >= 4 is 35.2 Å². The van der Waals surface area contributed by atoms with E-state index in [1.807, 2.05) is 35.4 Å². The zero-order chi connectivity index (χ0) is 22.7. The summed E-state index contributed by atoms with van der Waals surface area (Å²) in [5, 5.41) is 2.90. The number of benzene rings is 2. The van der Waals surface area contributed by atoms with Crippen molar-refractivity contribution in [2.75, 3.05) is 24.2 Å². The number of hydrogen-bond donors (Lipinski definition) is 1. The molecule has 4 rings (SSSR count). The molecule has 0 radical (unpaired) electrons. The van der Waals surface area contributed by atoms with Gasteiger partial charge in [0.2, 0.25) is 0 Å². The van der Waals surface area contributed by atoms with Crippen molar-refractivity contribution in [3.8, 4) is 0 Å². The van der Waals surface area contributed by atoms with Gasteiger partial charge in [-0.25, -0.2) is 4.90 Å². The van der Waals surface area contributed by atoms with Gasteiger partial charge in [-0.05, 0) is 67.0 Å². The Morgan fingerprint density at radius 3 is 2.31 bits per heavy atom. The molecule has 7 heteroatoms. The van der Waals surface area contributed by atoms with Crippen LogP contribution in [0.3, 0.4) is 0 Å². The maximum Gasteiger partial charge on any atom is 0.281 e. The van der Waals surface area contributed by atoms with Crippen molar-refractivity contribution in [1.82, 2.24) is 10.2 Å². The van der Waals surface area contributed by atoms with Gasteiger partial charge in [0.15, 0.2) is 0 Å². The molecule has 2 aromatic carbocycles. The highest BCUT2D eigenvalue weighted by Gasteiger charge is 2.36. The number of imide groups is 1. The van der Waals surface area contributed by atoms with Gasteiger partial charge in [0.25, 0.3) is 17.7 Å². The van der Waals surface area contributed by atoms with Gasteiger partial charge in [0.05, 0.1) is 5.69 Å². The Labute approximate surface area is 192 Å². The van der Waals surface area contributed by atoms with Crippen molar-refractivity contribution in [3.63, 3.8) is 0 Å². The Balaban J connectivity index is 1.38. The average molecular weight is 450 g/mol. The zero-order valence-electron chi connectivity index (χ0n) is 18.3. The van der Waals surface area contributed by atoms with Crippen LogP contribution in [0.4, 0.5) is 5.69 Å². The van der Waals surface area contributed by atoms with E-state index in [-0.39, 0.29) is 17.7 Å². The molecule has 6 nitrogen and oxygen atoms in total. The highest BCUT2D eigenvalue weighted by Crippen LogP contribution is 2.28.